The van der Waals surface area contributed by atoms with Crippen molar-refractivity contribution < 1.29 is 4.79 Å². The Morgan fingerprint density at radius 1 is 1.14 bits per heavy atom. The molecule has 0 aliphatic rings. The van der Waals surface area contributed by atoms with Crippen molar-refractivity contribution in [1.82, 2.24) is 0 Å². The summed E-state index contributed by atoms with van der Waals surface area (Å²) < 4.78 is 0. The fourth-order valence-electron chi connectivity index (χ4n) is 2.34. The zero-order chi connectivity index (χ0) is 15.2. The molecule has 4 nitrogen and oxygen atoms in total. The number of rotatable bonds is 6. The summed E-state index contributed by atoms with van der Waals surface area (Å²) in [5, 5.41) is 0. The number of benzene rings is 2. The molecule has 0 heterocycles. The number of hydrogen-bond acceptors (Lipinski definition) is 3. The summed E-state index contributed by atoms with van der Waals surface area (Å²) in [6, 6.07) is 15.6. The van der Waals surface area contributed by atoms with E-state index in [2.05, 4.69) is 29.2 Å². The molecule has 0 unspecified atom stereocenters. The van der Waals surface area contributed by atoms with E-state index < -0.39 is 5.91 Å². The van der Waals surface area contributed by atoms with Crippen LogP contribution < -0.4 is 16.4 Å². The summed E-state index contributed by atoms with van der Waals surface area (Å²) in [5.74, 6) is -0.458. The number of carbonyl (C=O) groups is 1. The van der Waals surface area contributed by atoms with E-state index in [-0.39, 0.29) is 0 Å². The van der Waals surface area contributed by atoms with E-state index in [1.165, 1.54) is 5.56 Å². The fraction of sp³-hybridized carbons (Fsp3) is 0.235. The van der Waals surface area contributed by atoms with Gasteiger partial charge in [-0.1, -0.05) is 30.3 Å². The van der Waals surface area contributed by atoms with Crippen LogP contribution in [0.1, 0.15) is 22.3 Å². The van der Waals surface area contributed by atoms with E-state index in [0.29, 0.717) is 11.3 Å². The second-order valence-electron chi connectivity index (χ2n) is 5.15. The monoisotopic (exact) mass is 283 g/mol. The number of primary amides is 1. The van der Waals surface area contributed by atoms with Crippen molar-refractivity contribution in [2.45, 2.75) is 12.8 Å². The molecular formula is C17H21N3O. The lowest BCUT2D eigenvalue weighted by Gasteiger charge is -2.21. The van der Waals surface area contributed by atoms with E-state index in [1.807, 2.05) is 19.2 Å². The van der Waals surface area contributed by atoms with Gasteiger partial charge in [0.15, 0.2) is 0 Å². The molecule has 4 heteroatoms. The topological polar surface area (TPSA) is 72.3 Å². The average Bonchev–Trinajstić information content (AvgIpc) is 2.48. The molecule has 110 valence electrons. The Balaban J connectivity index is 1.94. The lowest BCUT2D eigenvalue weighted by molar-refractivity contribution is 0.100. The quantitative estimate of drug-likeness (QED) is 0.800. The molecular weight excluding hydrogens is 262 g/mol. The zero-order valence-corrected chi connectivity index (χ0v) is 12.3. The van der Waals surface area contributed by atoms with Crippen molar-refractivity contribution in [2.24, 2.45) is 5.73 Å². The highest BCUT2D eigenvalue weighted by atomic mass is 16.1. The van der Waals surface area contributed by atoms with Crippen LogP contribution >= 0.6 is 0 Å². The summed E-state index contributed by atoms with van der Waals surface area (Å²) in [7, 11) is 2.00. The lowest BCUT2D eigenvalue weighted by atomic mass is 10.1. The van der Waals surface area contributed by atoms with E-state index in [1.54, 1.807) is 12.1 Å². The van der Waals surface area contributed by atoms with Gasteiger partial charge in [0.25, 0.3) is 0 Å². The third kappa shape index (κ3) is 3.99. The molecule has 0 saturated carbocycles. The third-order valence-corrected chi connectivity index (χ3v) is 3.53. The molecule has 0 bridgehead atoms. The maximum Gasteiger partial charge on any atom is 0.248 e. The molecule has 0 aromatic heterocycles. The Kier molecular flexibility index (Phi) is 4.82. The largest absolute Gasteiger partial charge is 0.397 e. The number of carbonyl (C=O) groups excluding carboxylic acids is 1. The second-order valence-corrected chi connectivity index (χ2v) is 5.15. The number of nitrogens with two attached hydrogens (primary N) is 2. The highest BCUT2D eigenvalue weighted by Crippen LogP contribution is 2.23. The number of nitrogen functional groups attached to an aromatic ring is 1. The minimum absolute atomic E-state index is 0.439. The summed E-state index contributed by atoms with van der Waals surface area (Å²) in [6.45, 7) is 0.898. The molecule has 0 saturated heterocycles. The molecule has 0 aliphatic heterocycles. The second kappa shape index (κ2) is 6.79. The lowest BCUT2D eigenvalue weighted by Crippen LogP contribution is -2.21. The van der Waals surface area contributed by atoms with Gasteiger partial charge in [0.1, 0.15) is 0 Å². The first-order valence-corrected chi connectivity index (χ1v) is 7.02. The number of amides is 1. The smallest absolute Gasteiger partial charge is 0.248 e. The molecule has 4 N–H and O–H groups in total. The van der Waals surface area contributed by atoms with Crippen LogP contribution in [-0.4, -0.2) is 19.5 Å². The Labute approximate surface area is 125 Å². The van der Waals surface area contributed by atoms with Crippen molar-refractivity contribution in [3.63, 3.8) is 0 Å². The van der Waals surface area contributed by atoms with Crippen LogP contribution in [0.2, 0.25) is 0 Å². The van der Waals surface area contributed by atoms with Gasteiger partial charge in [-0.15, -0.1) is 0 Å². The highest BCUT2D eigenvalue weighted by molar-refractivity contribution is 5.94. The van der Waals surface area contributed by atoms with Gasteiger partial charge < -0.3 is 16.4 Å². The molecule has 0 spiro atoms. The van der Waals surface area contributed by atoms with Crippen LogP contribution in [0.5, 0.6) is 0 Å². The van der Waals surface area contributed by atoms with Gasteiger partial charge in [-0.25, -0.2) is 0 Å². The fourth-order valence-corrected chi connectivity index (χ4v) is 2.34. The van der Waals surface area contributed by atoms with Crippen LogP contribution in [0, 0.1) is 0 Å². The number of anilines is 2. The van der Waals surface area contributed by atoms with E-state index >= 15 is 0 Å². The standard InChI is InChI=1S/C17H21N3O/c1-20(11-5-8-13-6-3-2-4-7-13)16-10-9-14(17(19)21)12-15(16)18/h2-4,6-7,9-10,12H,5,8,11,18H2,1H3,(H2,19,21). The molecule has 0 radical (unpaired) electrons. The Morgan fingerprint density at radius 2 is 1.86 bits per heavy atom. The van der Waals surface area contributed by atoms with Crippen LogP contribution in [0.3, 0.4) is 0 Å². The summed E-state index contributed by atoms with van der Waals surface area (Å²) in [5.41, 5.74) is 14.5. The normalized spacial score (nSPS) is 10.3. The molecule has 2 aromatic rings. The van der Waals surface area contributed by atoms with Crippen molar-refractivity contribution in [2.75, 3.05) is 24.2 Å². The molecule has 2 aromatic carbocycles. The first kappa shape index (κ1) is 14.9. The number of nitrogens with zero attached hydrogens (tertiary/aromatic N) is 1. The van der Waals surface area contributed by atoms with Crippen molar-refractivity contribution in [3.05, 3.63) is 59.7 Å². The van der Waals surface area contributed by atoms with Gasteiger partial charge in [0.05, 0.1) is 11.4 Å². The van der Waals surface area contributed by atoms with Gasteiger partial charge >= 0.3 is 0 Å². The highest BCUT2D eigenvalue weighted by Gasteiger charge is 2.08. The maximum atomic E-state index is 11.1. The Bertz CT molecular complexity index is 611. The van der Waals surface area contributed by atoms with Crippen molar-refractivity contribution >= 4 is 17.3 Å². The van der Waals surface area contributed by atoms with Crippen LogP contribution in [0.4, 0.5) is 11.4 Å². The molecule has 1 amide bonds. The van der Waals surface area contributed by atoms with Gasteiger partial charge in [-0.3, -0.25) is 4.79 Å². The predicted octanol–water partition coefficient (Wildman–Crippen LogP) is 2.44. The summed E-state index contributed by atoms with van der Waals surface area (Å²) >= 11 is 0. The first-order valence-electron chi connectivity index (χ1n) is 7.02. The molecule has 2 rings (SSSR count). The zero-order valence-electron chi connectivity index (χ0n) is 12.3. The van der Waals surface area contributed by atoms with Crippen LogP contribution in [-0.2, 0) is 6.42 Å². The number of aryl methyl sites for hydroxylation is 1. The summed E-state index contributed by atoms with van der Waals surface area (Å²) in [6.07, 6.45) is 2.07. The maximum absolute atomic E-state index is 11.1. The molecule has 0 aliphatic carbocycles. The summed E-state index contributed by atoms with van der Waals surface area (Å²) in [4.78, 5) is 13.2. The predicted molar refractivity (Wildman–Crippen MR) is 87.4 cm³/mol. The number of hydrogen-bond donors (Lipinski definition) is 2. The van der Waals surface area contributed by atoms with Gasteiger partial charge in [0.2, 0.25) is 5.91 Å². The van der Waals surface area contributed by atoms with E-state index in [9.17, 15) is 4.79 Å². The average molecular weight is 283 g/mol. The van der Waals surface area contributed by atoms with Crippen molar-refractivity contribution in [3.8, 4) is 0 Å². The van der Waals surface area contributed by atoms with Gasteiger partial charge in [-0.2, -0.15) is 0 Å². The van der Waals surface area contributed by atoms with E-state index in [0.717, 1.165) is 25.1 Å². The minimum Gasteiger partial charge on any atom is -0.397 e. The Morgan fingerprint density at radius 3 is 2.48 bits per heavy atom. The molecule has 21 heavy (non-hydrogen) atoms. The third-order valence-electron chi connectivity index (χ3n) is 3.53. The Hall–Kier alpha value is -2.49. The molecule has 0 atom stereocenters. The SMILES string of the molecule is CN(CCCc1ccccc1)c1ccc(C(N)=O)cc1N. The van der Waals surface area contributed by atoms with Crippen LogP contribution in [0.15, 0.2) is 48.5 Å². The van der Waals surface area contributed by atoms with Crippen LogP contribution in [0.25, 0.3) is 0 Å². The van der Waals surface area contributed by atoms with Gasteiger partial charge in [0, 0.05) is 19.2 Å². The van der Waals surface area contributed by atoms with Gasteiger partial charge in [-0.05, 0) is 36.6 Å². The minimum atomic E-state index is -0.458. The van der Waals surface area contributed by atoms with Crippen molar-refractivity contribution in [1.29, 1.82) is 0 Å². The van der Waals surface area contributed by atoms with E-state index in [4.69, 9.17) is 11.5 Å². The molecule has 0 fully saturated rings. The first-order chi connectivity index (χ1) is 10.1.